The number of ether oxygens (including phenoxy) is 1. The van der Waals surface area contributed by atoms with E-state index in [0.717, 1.165) is 12.8 Å². The lowest BCUT2D eigenvalue weighted by atomic mass is 9.84. The van der Waals surface area contributed by atoms with Crippen LogP contribution in [0, 0.1) is 5.82 Å². The van der Waals surface area contributed by atoms with Gasteiger partial charge in [-0.1, -0.05) is 6.42 Å². The Hall–Kier alpha value is -1.27. The summed E-state index contributed by atoms with van der Waals surface area (Å²) in [6, 6.07) is 3.98. The first-order valence-corrected chi connectivity index (χ1v) is 8.18. The van der Waals surface area contributed by atoms with Crippen LogP contribution in [0.4, 0.5) is 14.9 Å². The first-order valence-electron chi connectivity index (χ1n) is 6.96. The van der Waals surface area contributed by atoms with E-state index in [2.05, 4.69) is 16.9 Å². The minimum absolute atomic E-state index is 0.190. The summed E-state index contributed by atoms with van der Waals surface area (Å²) >= 11 is 1.81. The lowest BCUT2D eigenvalue weighted by Gasteiger charge is -2.40. The van der Waals surface area contributed by atoms with Gasteiger partial charge in [0.15, 0.2) is 0 Å². The molecule has 6 heteroatoms. The normalized spacial score (nSPS) is 16.1. The number of nitrogens with one attached hydrogen (secondary N) is 2. The van der Waals surface area contributed by atoms with Crippen molar-refractivity contribution in [2.45, 2.75) is 30.6 Å². The van der Waals surface area contributed by atoms with Gasteiger partial charge in [-0.05, 0) is 37.3 Å². The van der Waals surface area contributed by atoms with Gasteiger partial charge in [-0.3, -0.25) is 0 Å². The molecule has 2 amide bonds. The minimum Gasteiger partial charge on any atom is -0.380 e. The van der Waals surface area contributed by atoms with Crippen molar-refractivity contribution in [3.8, 4) is 0 Å². The zero-order valence-corrected chi connectivity index (χ0v) is 13.2. The number of thioether (sulfide) groups is 1. The zero-order valence-electron chi connectivity index (χ0n) is 12.4. The summed E-state index contributed by atoms with van der Waals surface area (Å²) in [7, 11) is 1.54. The summed E-state index contributed by atoms with van der Waals surface area (Å²) in [5, 5.41) is 5.66. The van der Waals surface area contributed by atoms with E-state index in [4.69, 9.17) is 4.74 Å². The monoisotopic (exact) mass is 312 g/mol. The third-order valence-electron chi connectivity index (χ3n) is 3.88. The van der Waals surface area contributed by atoms with Crippen LogP contribution in [0.25, 0.3) is 0 Å². The fourth-order valence-corrected chi connectivity index (χ4v) is 3.30. The van der Waals surface area contributed by atoms with E-state index in [1.165, 1.54) is 25.7 Å². The predicted molar refractivity (Wildman–Crippen MR) is 84.2 cm³/mol. The van der Waals surface area contributed by atoms with Gasteiger partial charge in [0.1, 0.15) is 5.82 Å². The number of hydrogen-bond donors (Lipinski definition) is 2. The Morgan fingerprint density at radius 3 is 2.81 bits per heavy atom. The Bertz CT molecular complexity index is 501. The second-order valence-electron chi connectivity index (χ2n) is 5.28. The number of amides is 2. The molecule has 0 atom stereocenters. The van der Waals surface area contributed by atoms with Crippen molar-refractivity contribution >= 4 is 23.5 Å². The fourth-order valence-electron chi connectivity index (χ4n) is 2.39. The van der Waals surface area contributed by atoms with Gasteiger partial charge >= 0.3 is 6.03 Å². The molecule has 1 aliphatic rings. The molecular weight excluding hydrogens is 291 g/mol. The van der Waals surface area contributed by atoms with Crippen LogP contribution >= 0.6 is 11.8 Å². The van der Waals surface area contributed by atoms with Crippen LogP contribution in [0.5, 0.6) is 0 Å². The quantitative estimate of drug-likeness (QED) is 0.846. The Labute approximate surface area is 128 Å². The number of anilines is 1. The summed E-state index contributed by atoms with van der Waals surface area (Å²) in [5.41, 5.74) is 1.19. The van der Waals surface area contributed by atoms with Crippen molar-refractivity contribution in [3.63, 3.8) is 0 Å². The molecule has 0 bridgehead atoms. The second-order valence-corrected chi connectivity index (χ2v) is 6.56. The number of methoxy groups -OCH3 is 1. The van der Waals surface area contributed by atoms with Crippen LogP contribution in [-0.2, 0) is 11.3 Å². The van der Waals surface area contributed by atoms with Crippen molar-refractivity contribution in [1.29, 1.82) is 0 Å². The Kier molecular flexibility index (Phi) is 5.47. The first kappa shape index (κ1) is 16.1. The van der Waals surface area contributed by atoms with Crippen molar-refractivity contribution in [3.05, 3.63) is 29.6 Å². The molecule has 0 heterocycles. The highest BCUT2D eigenvalue weighted by Crippen LogP contribution is 2.42. The van der Waals surface area contributed by atoms with Gasteiger partial charge in [0.2, 0.25) is 0 Å². The van der Waals surface area contributed by atoms with Crippen LogP contribution < -0.4 is 10.6 Å². The fraction of sp³-hybridized carbons (Fsp3) is 0.533. The maximum atomic E-state index is 13.2. The number of halogens is 1. The molecule has 1 aliphatic carbocycles. The summed E-state index contributed by atoms with van der Waals surface area (Å²) in [5.74, 6) is -0.344. The van der Waals surface area contributed by atoms with Crippen LogP contribution in [0.3, 0.4) is 0 Å². The van der Waals surface area contributed by atoms with Crippen molar-refractivity contribution in [2.24, 2.45) is 0 Å². The summed E-state index contributed by atoms with van der Waals surface area (Å²) in [6.07, 6.45) is 5.58. The van der Waals surface area contributed by atoms with Crippen molar-refractivity contribution in [1.82, 2.24) is 5.32 Å². The number of hydrogen-bond acceptors (Lipinski definition) is 3. The largest absolute Gasteiger partial charge is 0.380 e. The summed E-state index contributed by atoms with van der Waals surface area (Å²) in [6.45, 7) is 0.906. The number of urea groups is 1. The average Bonchev–Trinajstić information content (AvgIpc) is 2.41. The standard InChI is InChI=1S/C15H21FN2O2S/c1-20-9-11-8-12(16)4-5-13(11)18-14(19)17-10-15(21-2)6-3-7-15/h4-5,8H,3,6-7,9-10H2,1-2H3,(H2,17,18,19). The van der Waals surface area contributed by atoms with E-state index >= 15 is 0 Å². The molecule has 0 saturated heterocycles. The van der Waals surface area contributed by atoms with E-state index < -0.39 is 0 Å². The molecule has 1 aromatic rings. The Morgan fingerprint density at radius 1 is 1.48 bits per heavy atom. The van der Waals surface area contributed by atoms with Gasteiger partial charge in [0, 0.05) is 29.7 Å². The van der Waals surface area contributed by atoms with Crippen LogP contribution in [0.2, 0.25) is 0 Å². The average molecular weight is 312 g/mol. The van der Waals surface area contributed by atoms with Gasteiger partial charge in [-0.2, -0.15) is 11.8 Å². The molecule has 0 aromatic heterocycles. The molecule has 0 radical (unpaired) electrons. The highest BCUT2D eigenvalue weighted by atomic mass is 32.2. The van der Waals surface area contributed by atoms with Crippen LogP contribution in [0.15, 0.2) is 18.2 Å². The number of benzene rings is 1. The van der Waals surface area contributed by atoms with Crippen molar-refractivity contribution in [2.75, 3.05) is 25.2 Å². The molecule has 1 aromatic carbocycles. The molecule has 2 rings (SSSR count). The topological polar surface area (TPSA) is 50.4 Å². The maximum Gasteiger partial charge on any atom is 0.319 e. The third kappa shape index (κ3) is 4.11. The van der Waals surface area contributed by atoms with Gasteiger partial charge < -0.3 is 15.4 Å². The Balaban J connectivity index is 1.93. The van der Waals surface area contributed by atoms with Gasteiger partial charge in [0.05, 0.1) is 6.61 Å². The highest BCUT2D eigenvalue weighted by Gasteiger charge is 2.36. The molecule has 0 spiro atoms. The maximum absolute atomic E-state index is 13.2. The molecule has 21 heavy (non-hydrogen) atoms. The molecule has 0 aliphatic heterocycles. The molecule has 1 fully saturated rings. The highest BCUT2D eigenvalue weighted by molar-refractivity contribution is 8.00. The van der Waals surface area contributed by atoms with Gasteiger partial charge in [0.25, 0.3) is 0 Å². The predicted octanol–water partition coefficient (Wildman–Crippen LogP) is 3.38. The van der Waals surface area contributed by atoms with Crippen LogP contribution in [-0.4, -0.2) is 30.7 Å². The summed E-state index contributed by atoms with van der Waals surface area (Å²) < 4.78 is 18.4. The van der Waals surface area contributed by atoms with Crippen LogP contribution in [0.1, 0.15) is 24.8 Å². The lowest BCUT2D eigenvalue weighted by Crippen LogP contribution is -2.46. The zero-order chi connectivity index (χ0) is 15.3. The minimum atomic E-state index is -0.344. The van der Waals surface area contributed by atoms with E-state index in [-0.39, 0.29) is 23.2 Å². The lowest BCUT2D eigenvalue weighted by molar-refractivity contribution is 0.185. The number of rotatable bonds is 6. The smallest absolute Gasteiger partial charge is 0.319 e. The molecule has 116 valence electrons. The molecular formula is C15H21FN2O2S. The second kappa shape index (κ2) is 7.13. The SMILES string of the molecule is COCc1cc(F)ccc1NC(=O)NCC1(SC)CCC1. The van der Waals surface area contributed by atoms with Crippen molar-refractivity contribution < 1.29 is 13.9 Å². The third-order valence-corrected chi connectivity index (χ3v) is 5.30. The molecule has 4 nitrogen and oxygen atoms in total. The van der Waals surface area contributed by atoms with E-state index in [9.17, 15) is 9.18 Å². The molecule has 0 unspecified atom stereocenters. The van der Waals surface area contributed by atoms with E-state index in [1.807, 2.05) is 11.8 Å². The Morgan fingerprint density at radius 2 is 2.24 bits per heavy atom. The van der Waals surface area contributed by atoms with E-state index in [0.29, 0.717) is 17.8 Å². The molecule has 1 saturated carbocycles. The number of carbonyl (C=O) groups is 1. The number of carbonyl (C=O) groups excluding carboxylic acids is 1. The van der Waals surface area contributed by atoms with Gasteiger partial charge in [-0.15, -0.1) is 0 Å². The molecule has 2 N–H and O–H groups in total. The first-order chi connectivity index (χ1) is 10.1. The summed E-state index contributed by atoms with van der Waals surface area (Å²) in [4.78, 5) is 12.0. The van der Waals surface area contributed by atoms with E-state index in [1.54, 1.807) is 6.07 Å². The van der Waals surface area contributed by atoms with Gasteiger partial charge in [-0.25, -0.2) is 9.18 Å².